The average molecular weight is 421 g/mol. The minimum Gasteiger partial charge on any atom is -0.451 e. The second kappa shape index (κ2) is 9.86. The van der Waals surface area contributed by atoms with E-state index in [2.05, 4.69) is 37.9 Å². The summed E-state index contributed by atoms with van der Waals surface area (Å²) in [6.07, 6.45) is 3.08. The fraction of sp³-hybridized carbons (Fsp3) is 0.375. The molecule has 0 aliphatic rings. The van der Waals surface area contributed by atoms with Gasteiger partial charge >= 0.3 is 6.16 Å². The summed E-state index contributed by atoms with van der Waals surface area (Å²) in [5, 5.41) is 14.3. The number of nitrogens with zero attached hydrogens (tertiary/aromatic N) is 3. The van der Waals surface area contributed by atoms with Crippen LogP contribution in [0, 0.1) is 30.6 Å². The van der Waals surface area contributed by atoms with Crippen LogP contribution in [0.15, 0.2) is 30.3 Å². The highest BCUT2D eigenvalue weighted by Gasteiger charge is 2.22. The third-order valence-corrected chi connectivity index (χ3v) is 4.43. The molecular formula is C24H27N3O4. The summed E-state index contributed by atoms with van der Waals surface area (Å²) < 4.78 is 17.3. The first-order chi connectivity index (χ1) is 14.6. The zero-order valence-corrected chi connectivity index (χ0v) is 18.7. The predicted octanol–water partition coefficient (Wildman–Crippen LogP) is 4.57. The Kier molecular flexibility index (Phi) is 7.50. The summed E-state index contributed by atoms with van der Waals surface area (Å²) in [5.41, 5.74) is 3.40. The average Bonchev–Trinajstić information content (AvgIpc) is 3.03. The molecule has 0 saturated heterocycles. The highest BCUT2D eigenvalue weighted by atomic mass is 16.8. The molecule has 1 heterocycles. The van der Waals surface area contributed by atoms with E-state index in [1.807, 2.05) is 31.2 Å². The maximum absolute atomic E-state index is 11.7. The van der Waals surface area contributed by atoms with Crippen LogP contribution in [0.25, 0.3) is 11.3 Å². The van der Waals surface area contributed by atoms with Gasteiger partial charge in [-0.3, -0.25) is 4.68 Å². The van der Waals surface area contributed by atoms with Gasteiger partial charge in [0.1, 0.15) is 17.3 Å². The summed E-state index contributed by atoms with van der Waals surface area (Å²) in [5.74, 6) is 2.43. The molecule has 0 spiro atoms. The van der Waals surface area contributed by atoms with E-state index in [0.717, 1.165) is 11.3 Å². The summed E-state index contributed by atoms with van der Waals surface area (Å²) in [7, 11) is 1.75. The van der Waals surface area contributed by atoms with Crippen molar-refractivity contribution >= 4 is 17.5 Å². The molecule has 1 aromatic carbocycles. The second-order valence-corrected chi connectivity index (χ2v) is 7.98. The normalized spacial score (nSPS) is 12.8. The molecule has 0 radical (unpaired) electrons. The quantitative estimate of drug-likeness (QED) is 0.223. The van der Waals surface area contributed by atoms with Crippen LogP contribution < -0.4 is 0 Å². The first-order valence-electron chi connectivity index (χ1n) is 9.76. The molecule has 7 nitrogen and oxygen atoms in total. The monoisotopic (exact) mass is 421 g/mol. The van der Waals surface area contributed by atoms with Crippen LogP contribution in [0.3, 0.4) is 0 Å². The Morgan fingerprint density at radius 3 is 2.39 bits per heavy atom. The molecule has 0 aliphatic heterocycles. The lowest BCUT2D eigenvalue weighted by Gasteiger charge is -2.20. The molecule has 162 valence electrons. The highest BCUT2D eigenvalue weighted by molar-refractivity contribution is 5.94. The van der Waals surface area contributed by atoms with Crippen molar-refractivity contribution in [3.8, 4) is 18.4 Å². The van der Waals surface area contributed by atoms with E-state index in [-0.39, 0.29) is 23.4 Å². The van der Waals surface area contributed by atoms with Gasteiger partial charge in [0.2, 0.25) is 6.29 Å². The molecule has 1 unspecified atom stereocenters. The third kappa shape index (κ3) is 6.13. The van der Waals surface area contributed by atoms with Crippen molar-refractivity contribution in [1.82, 2.24) is 9.78 Å². The van der Waals surface area contributed by atoms with E-state index in [9.17, 15) is 10.1 Å². The van der Waals surface area contributed by atoms with Crippen molar-refractivity contribution in [3.63, 3.8) is 0 Å². The number of benzene rings is 1. The predicted molar refractivity (Wildman–Crippen MR) is 117 cm³/mol. The third-order valence-electron chi connectivity index (χ3n) is 4.43. The summed E-state index contributed by atoms with van der Waals surface area (Å²) in [6.45, 7) is 9.51. The van der Waals surface area contributed by atoms with Crippen LogP contribution in [0.1, 0.15) is 50.2 Å². The van der Waals surface area contributed by atoms with Crippen molar-refractivity contribution in [2.45, 2.75) is 46.3 Å². The Morgan fingerprint density at radius 2 is 1.90 bits per heavy atom. The Hall–Kier alpha value is -3.71. The number of ether oxygens (including phenoxy) is 3. The lowest BCUT2D eigenvalue weighted by Crippen LogP contribution is -2.20. The largest absolute Gasteiger partial charge is 0.512 e. The molecule has 0 bridgehead atoms. The first-order valence-corrected chi connectivity index (χ1v) is 9.76. The number of terminal acetylenes is 1. The topological polar surface area (TPSA) is 86.4 Å². The molecule has 2 rings (SSSR count). The van der Waals surface area contributed by atoms with Crippen molar-refractivity contribution < 1.29 is 19.0 Å². The fourth-order valence-electron chi connectivity index (χ4n) is 2.91. The van der Waals surface area contributed by atoms with Crippen LogP contribution in [0.2, 0.25) is 0 Å². The van der Waals surface area contributed by atoms with Gasteiger partial charge in [0.25, 0.3) is 0 Å². The van der Waals surface area contributed by atoms with Gasteiger partial charge < -0.3 is 14.2 Å². The van der Waals surface area contributed by atoms with Crippen molar-refractivity contribution in [2.75, 3.05) is 6.61 Å². The van der Waals surface area contributed by atoms with Crippen molar-refractivity contribution in [3.05, 3.63) is 52.8 Å². The molecule has 0 N–H and O–H groups in total. The number of rotatable bonds is 6. The van der Waals surface area contributed by atoms with Gasteiger partial charge in [-0.2, -0.15) is 10.4 Å². The molecule has 1 aromatic heterocycles. The molecule has 2 aromatic rings. The zero-order valence-electron chi connectivity index (χ0n) is 18.7. The number of carbonyl (C=O) groups excluding carboxylic acids is 1. The number of carbonyl (C=O) groups is 1. The van der Waals surface area contributed by atoms with E-state index in [1.165, 1.54) is 6.92 Å². The van der Waals surface area contributed by atoms with Gasteiger partial charge in [-0.25, -0.2) is 4.79 Å². The Labute approximate surface area is 183 Å². The van der Waals surface area contributed by atoms with E-state index in [4.69, 9.17) is 20.6 Å². The van der Waals surface area contributed by atoms with E-state index in [0.29, 0.717) is 11.3 Å². The molecule has 7 heteroatoms. The van der Waals surface area contributed by atoms with Crippen LogP contribution in [-0.4, -0.2) is 28.8 Å². The van der Waals surface area contributed by atoms with Gasteiger partial charge in [-0.05, 0) is 29.5 Å². The number of nitriles is 1. The molecule has 0 amide bonds. The lowest BCUT2D eigenvalue weighted by molar-refractivity contribution is -0.0644. The minimum absolute atomic E-state index is 0.0192. The van der Waals surface area contributed by atoms with Gasteiger partial charge in [-0.15, -0.1) is 6.42 Å². The summed E-state index contributed by atoms with van der Waals surface area (Å²) in [6, 6.07) is 11.7. The van der Waals surface area contributed by atoms with E-state index >= 15 is 0 Å². The summed E-state index contributed by atoms with van der Waals surface area (Å²) in [4.78, 5) is 11.7. The fourth-order valence-corrected chi connectivity index (χ4v) is 2.91. The molecule has 1 atom stereocenters. The molecule has 0 fully saturated rings. The van der Waals surface area contributed by atoms with Gasteiger partial charge in [0, 0.05) is 14.0 Å². The molecule has 31 heavy (non-hydrogen) atoms. The van der Waals surface area contributed by atoms with Crippen molar-refractivity contribution in [1.29, 1.82) is 5.26 Å². The number of hydrogen-bond donors (Lipinski definition) is 0. The Balaban J connectivity index is 2.48. The van der Waals surface area contributed by atoms with Crippen LogP contribution in [0.4, 0.5) is 4.79 Å². The SMILES string of the molecule is C#CCOC(=O)OC(C)O/C(=C(/C#N)c1ccc(C(C)(C)C)cc1)c1cc(C)nn1C. The summed E-state index contributed by atoms with van der Waals surface area (Å²) >= 11 is 0. The standard InChI is InChI=1S/C24H27N3O4/c1-8-13-29-23(28)31-17(3)30-22(21-14-16(2)26-27(21)7)20(15-25)18-9-11-19(12-10-18)24(4,5)6/h1,9-12,14,17H,13H2,2-7H3/b22-20-. The lowest BCUT2D eigenvalue weighted by atomic mass is 9.86. The Morgan fingerprint density at radius 1 is 1.26 bits per heavy atom. The molecular weight excluding hydrogens is 394 g/mol. The van der Waals surface area contributed by atoms with Crippen LogP contribution >= 0.6 is 0 Å². The smallest absolute Gasteiger partial charge is 0.451 e. The van der Waals surface area contributed by atoms with Gasteiger partial charge in [-0.1, -0.05) is 51.0 Å². The first kappa shape index (κ1) is 23.6. The van der Waals surface area contributed by atoms with Crippen LogP contribution in [-0.2, 0) is 26.7 Å². The van der Waals surface area contributed by atoms with E-state index < -0.39 is 12.4 Å². The van der Waals surface area contributed by atoms with Gasteiger partial charge in [0.05, 0.1) is 5.69 Å². The number of hydrogen-bond acceptors (Lipinski definition) is 6. The number of aryl methyl sites for hydroxylation is 2. The number of aromatic nitrogens is 2. The van der Waals surface area contributed by atoms with Gasteiger partial charge in [0.15, 0.2) is 12.4 Å². The van der Waals surface area contributed by atoms with Crippen molar-refractivity contribution in [2.24, 2.45) is 7.05 Å². The van der Waals surface area contributed by atoms with Crippen LogP contribution in [0.5, 0.6) is 0 Å². The highest BCUT2D eigenvalue weighted by Crippen LogP contribution is 2.30. The zero-order chi connectivity index (χ0) is 23.2. The van der Waals surface area contributed by atoms with E-state index in [1.54, 1.807) is 17.8 Å². The maximum atomic E-state index is 11.7. The molecule has 0 saturated carbocycles. The Bertz CT molecular complexity index is 1040. The molecule has 0 aliphatic carbocycles. The minimum atomic E-state index is -1.03. The maximum Gasteiger partial charge on any atom is 0.512 e. The second-order valence-electron chi connectivity index (χ2n) is 7.98. The number of allylic oxidation sites excluding steroid dienone is 1.